The lowest BCUT2D eigenvalue weighted by Gasteiger charge is -2.29. The van der Waals surface area contributed by atoms with Gasteiger partial charge in [0.05, 0.1) is 0 Å². The highest BCUT2D eigenvalue weighted by Gasteiger charge is 2.15. The fourth-order valence-corrected chi connectivity index (χ4v) is 3.18. The van der Waals surface area contributed by atoms with Gasteiger partial charge in [0, 0.05) is 0 Å². The van der Waals surface area contributed by atoms with Crippen LogP contribution in [0.4, 0.5) is 0 Å². The first-order valence-corrected chi connectivity index (χ1v) is 7.96. The molecule has 0 aromatic rings. The van der Waals surface area contributed by atoms with Gasteiger partial charge in [0.25, 0.3) is 0 Å². The van der Waals surface area contributed by atoms with Crippen LogP contribution in [0.5, 0.6) is 0 Å². The molecule has 3 nitrogen and oxygen atoms in total. The number of piperidine rings is 2. The standard InChI is InChI=1S/C15H31N3/c1-17-12-6-15(7-13-17)14-16-8-5-11-18-9-3-2-4-10-18/h15-16H,2-14H2,1H3. The van der Waals surface area contributed by atoms with Gasteiger partial charge in [-0.2, -0.15) is 0 Å². The Kier molecular flexibility index (Phi) is 6.46. The summed E-state index contributed by atoms with van der Waals surface area (Å²) in [6.07, 6.45) is 8.38. The molecule has 0 radical (unpaired) electrons. The molecule has 0 amide bonds. The summed E-state index contributed by atoms with van der Waals surface area (Å²) in [5, 5.41) is 3.66. The molecule has 2 heterocycles. The van der Waals surface area contributed by atoms with Gasteiger partial charge in [-0.1, -0.05) is 6.42 Å². The fourth-order valence-electron chi connectivity index (χ4n) is 3.18. The number of nitrogens with zero attached hydrogens (tertiary/aromatic N) is 2. The minimum Gasteiger partial charge on any atom is -0.316 e. The van der Waals surface area contributed by atoms with Crippen LogP contribution in [0.2, 0.25) is 0 Å². The van der Waals surface area contributed by atoms with Crippen LogP contribution in [0.1, 0.15) is 38.5 Å². The second kappa shape index (κ2) is 8.13. The van der Waals surface area contributed by atoms with Crippen LogP contribution < -0.4 is 5.32 Å². The highest BCUT2D eigenvalue weighted by atomic mass is 15.1. The molecule has 2 fully saturated rings. The first kappa shape index (κ1) is 14.3. The lowest BCUT2D eigenvalue weighted by atomic mass is 9.97. The van der Waals surface area contributed by atoms with Gasteiger partial charge < -0.3 is 15.1 Å². The zero-order chi connectivity index (χ0) is 12.6. The van der Waals surface area contributed by atoms with Crippen molar-refractivity contribution in [2.45, 2.75) is 38.5 Å². The highest BCUT2D eigenvalue weighted by molar-refractivity contribution is 4.72. The second-order valence-corrected chi connectivity index (χ2v) is 6.21. The zero-order valence-electron chi connectivity index (χ0n) is 12.2. The van der Waals surface area contributed by atoms with Crippen LogP contribution in [0.15, 0.2) is 0 Å². The molecule has 0 bridgehead atoms. The molecule has 0 aliphatic carbocycles. The normalized spacial score (nSPS) is 24.5. The maximum Gasteiger partial charge on any atom is -0.000664 e. The summed E-state index contributed by atoms with van der Waals surface area (Å²) in [6, 6.07) is 0. The SMILES string of the molecule is CN1CCC(CNCCCN2CCCCC2)CC1. The Hall–Kier alpha value is -0.120. The molecule has 0 atom stereocenters. The van der Waals surface area contributed by atoms with Crippen LogP contribution in [0.3, 0.4) is 0 Å². The van der Waals surface area contributed by atoms with Crippen LogP contribution in [0.25, 0.3) is 0 Å². The van der Waals surface area contributed by atoms with Gasteiger partial charge in [0.2, 0.25) is 0 Å². The van der Waals surface area contributed by atoms with Gasteiger partial charge in [-0.15, -0.1) is 0 Å². The number of likely N-dealkylation sites (tertiary alicyclic amines) is 2. The molecular weight excluding hydrogens is 222 g/mol. The van der Waals surface area contributed by atoms with E-state index >= 15 is 0 Å². The van der Waals surface area contributed by atoms with E-state index in [0.717, 1.165) is 5.92 Å². The summed E-state index contributed by atoms with van der Waals surface area (Å²) in [5.41, 5.74) is 0. The van der Waals surface area contributed by atoms with Crippen molar-refractivity contribution in [1.82, 2.24) is 15.1 Å². The summed E-state index contributed by atoms with van der Waals surface area (Å²) in [4.78, 5) is 5.09. The molecule has 0 unspecified atom stereocenters. The van der Waals surface area contributed by atoms with Crippen molar-refractivity contribution in [2.24, 2.45) is 5.92 Å². The minimum absolute atomic E-state index is 0.927. The number of nitrogens with one attached hydrogen (secondary N) is 1. The average molecular weight is 253 g/mol. The maximum absolute atomic E-state index is 3.66. The minimum atomic E-state index is 0.927. The molecule has 2 aliphatic rings. The molecule has 1 N–H and O–H groups in total. The van der Waals surface area contributed by atoms with Crippen molar-refractivity contribution >= 4 is 0 Å². The van der Waals surface area contributed by atoms with Gasteiger partial charge in [0.1, 0.15) is 0 Å². The molecule has 0 aromatic heterocycles. The lowest BCUT2D eigenvalue weighted by Crippen LogP contribution is -2.36. The van der Waals surface area contributed by atoms with Crippen molar-refractivity contribution in [2.75, 3.05) is 52.9 Å². The monoisotopic (exact) mass is 253 g/mol. The van der Waals surface area contributed by atoms with Gasteiger partial charge >= 0.3 is 0 Å². The van der Waals surface area contributed by atoms with E-state index in [9.17, 15) is 0 Å². The summed E-state index contributed by atoms with van der Waals surface area (Å²) in [7, 11) is 2.24. The van der Waals surface area contributed by atoms with Crippen LogP contribution in [-0.4, -0.2) is 62.7 Å². The van der Waals surface area contributed by atoms with E-state index in [4.69, 9.17) is 0 Å². The Morgan fingerprint density at radius 2 is 1.72 bits per heavy atom. The van der Waals surface area contributed by atoms with Gasteiger partial charge in [-0.3, -0.25) is 0 Å². The maximum atomic E-state index is 3.66. The number of hydrogen-bond donors (Lipinski definition) is 1. The first-order valence-electron chi connectivity index (χ1n) is 7.96. The van der Waals surface area contributed by atoms with E-state index in [-0.39, 0.29) is 0 Å². The molecule has 3 heteroatoms. The van der Waals surface area contributed by atoms with Gasteiger partial charge in [-0.25, -0.2) is 0 Å². The summed E-state index contributed by atoms with van der Waals surface area (Å²) in [5.74, 6) is 0.927. The largest absolute Gasteiger partial charge is 0.316 e. The predicted molar refractivity (Wildman–Crippen MR) is 78.0 cm³/mol. The zero-order valence-corrected chi connectivity index (χ0v) is 12.2. The molecule has 18 heavy (non-hydrogen) atoms. The molecule has 0 spiro atoms. The molecule has 0 aromatic carbocycles. The molecule has 2 rings (SSSR count). The van der Waals surface area contributed by atoms with Crippen molar-refractivity contribution < 1.29 is 0 Å². The highest BCUT2D eigenvalue weighted by Crippen LogP contribution is 2.14. The van der Waals surface area contributed by atoms with E-state index in [1.165, 1.54) is 84.3 Å². The number of hydrogen-bond acceptors (Lipinski definition) is 3. The van der Waals surface area contributed by atoms with E-state index in [2.05, 4.69) is 22.2 Å². The van der Waals surface area contributed by atoms with Crippen LogP contribution >= 0.6 is 0 Å². The van der Waals surface area contributed by atoms with Gasteiger partial charge in [-0.05, 0) is 90.9 Å². The third-order valence-electron chi connectivity index (χ3n) is 4.55. The molecule has 106 valence electrons. The Labute approximate surface area is 113 Å². The molecule has 2 saturated heterocycles. The summed E-state index contributed by atoms with van der Waals surface area (Å²) in [6.45, 7) is 9.03. The quantitative estimate of drug-likeness (QED) is 0.728. The van der Waals surface area contributed by atoms with E-state index in [1.54, 1.807) is 0 Å². The van der Waals surface area contributed by atoms with E-state index < -0.39 is 0 Å². The Morgan fingerprint density at radius 3 is 2.44 bits per heavy atom. The fraction of sp³-hybridized carbons (Fsp3) is 1.00. The van der Waals surface area contributed by atoms with E-state index in [0.29, 0.717) is 0 Å². The first-order chi connectivity index (χ1) is 8.84. The van der Waals surface area contributed by atoms with Crippen molar-refractivity contribution in [3.05, 3.63) is 0 Å². The topological polar surface area (TPSA) is 18.5 Å². The Morgan fingerprint density at radius 1 is 1.00 bits per heavy atom. The van der Waals surface area contributed by atoms with Crippen molar-refractivity contribution in [3.8, 4) is 0 Å². The summed E-state index contributed by atoms with van der Waals surface area (Å²) >= 11 is 0. The van der Waals surface area contributed by atoms with E-state index in [1.807, 2.05) is 0 Å². The Bertz CT molecular complexity index is 206. The summed E-state index contributed by atoms with van der Waals surface area (Å²) < 4.78 is 0. The second-order valence-electron chi connectivity index (χ2n) is 6.21. The third kappa shape index (κ3) is 5.25. The van der Waals surface area contributed by atoms with Gasteiger partial charge in [0.15, 0.2) is 0 Å². The average Bonchev–Trinajstić information content (AvgIpc) is 2.42. The van der Waals surface area contributed by atoms with Crippen molar-refractivity contribution in [3.63, 3.8) is 0 Å². The Balaban J connectivity index is 1.43. The van der Waals surface area contributed by atoms with Crippen LogP contribution in [0, 0.1) is 5.92 Å². The van der Waals surface area contributed by atoms with Crippen molar-refractivity contribution in [1.29, 1.82) is 0 Å². The molecule has 2 aliphatic heterocycles. The molecule has 0 saturated carbocycles. The third-order valence-corrected chi connectivity index (χ3v) is 4.55. The number of rotatable bonds is 6. The van der Waals surface area contributed by atoms with Crippen LogP contribution in [-0.2, 0) is 0 Å². The smallest absolute Gasteiger partial charge is 0.000664 e. The predicted octanol–water partition coefficient (Wildman–Crippen LogP) is 1.79. The molecular formula is C15H31N3. The lowest BCUT2D eigenvalue weighted by molar-refractivity contribution is 0.211.